The predicted octanol–water partition coefficient (Wildman–Crippen LogP) is 7.38. The number of methoxy groups -OCH3 is 2. The Kier molecular flexibility index (Phi) is 12.5. The molecule has 0 radical (unpaired) electrons. The molecule has 4 aromatic rings. The van der Waals surface area contributed by atoms with Crippen molar-refractivity contribution in [2.24, 2.45) is 0 Å². The van der Waals surface area contributed by atoms with E-state index in [4.69, 9.17) is 42.4 Å². The molecule has 1 fully saturated rings. The van der Waals surface area contributed by atoms with Gasteiger partial charge in [-0.15, -0.1) is 0 Å². The summed E-state index contributed by atoms with van der Waals surface area (Å²) in [5, 5.41) is 15.9. The Labute approximate surface area is 318 Å². The fraction of sp³-hybridized carbons (Fsp3) is 0.359. The third-order valence-corrected chi connectivity index (χ3v) is 9.44. The lowest BCUT2D eigenvalue weighted by Gasteiger charge is -2.29. The number of nitrogens with one attached hydrogen (secondary N) is 2. The van der Waals surface area contributed by atoms with Crippen LogP contribution >= 0.6 is 23.2 Å². The number of nitrogens with zero attached hydrogens (tertiary/aromatic N) is 3. The molecule has 2 aromatic heterocycles. The molecule has 0 bridgehead atoms. The summed E-state index contributed by atoms with van der Waals surface area (Å²) >= 11 is 14.1. The van der Waals surface area contributed by atoms with Crippen LogP contribution < -0.4 is 20.1 Å². The van der Waals surface area contributed by atoms with E-state index in [1.54, 1.807) is 52.0 Å². The van der Waals surface area contributed by atoms with Crippen molar-refractivity contribution in [3.8, 4) is 45.3 Å². The summed E-state index contributed by atoms with van der Waals surface area (Å²) in [6, 6.07) is 15.6. The maximum absolute atomic E-state index is 13.3. The lowest BCUT2D eigenvalue weighted by molar-refractivity contribution is -0.139. The number of carbonyl (C=O) groups excluding carboxylic acids is 2. The maximum atomic E-state index is 13.3. The van der Waals surface area contributed by atoms with Crippen LogP contribution in [-0.4, -0.2) is 76.4 Å². The van der Waals surface area contributed by atoms with Crippen molar-refractivity contribution in [2.45, 2.75) is 71.3 Å². The van der Waals surface area contributed by atoms with Gasteiger partial charge in [0.2, 0.25) is 11.8 Å². The molecule has 0 spiro atoms. The Balaban J connectivity index is 1.43. The molecule has 0 saturated carbocycles. The Morgan fingerprint density at radius 1 is 1.02 bits per heavy atom. The van der Waals surface area contributed by atoms with Crippen LogP contribution in [0.25, 0.3) is 33.6 Å². The number of aliphatic carboxylic acids is 1. The van der Waals surface area contributed by atoms with E-state index in [0.717, 1.165) is 5.56 Å². The highest BCUT2D eigenvalue weighted by atomic mass is 35.5. The number of aromatic nitrogens is 2. The van der Waals surface area contributed by atoms with E-state index in [1.807, 2.05) is 48.5 Å². The molecule has 3 heterocycles. The molecule has 2 atom stereocenters. The fourth-order valence-electron chi connectivity index (χ4n) is 5.91. The highest BCUT2D eigenvalue weighted by molar-refractivity contribution is 6.39. The van der Waals surface area contributed by atoms with Gasteiger partial charge in [0.05, 0.1) is 42.2 Å². The molecular formula is C39H43Cl2N5O7. The number of ether oxygens (including phenoxy) is 3. The number of carbonyl (C=O) groups is 3. The van der Waals surface area contributed by atoms with Crippen LogP contribution in [0.2, 0.25) is 10.0 Å². The molecule has 1 aliphatic rings. The van der Waals surface area contributed by atoms with Crippen LogP contribution in [0.3, 0.4) is 0 Å². The fourth-order valence-corrected chi connectivity index (χ4v) is 6.56. The van der Waals surface area contributed by atoms with Gasteiger partial charge in [0.25, 0.3) is 0 Å². The van der Waals surface area contributed by atoms with E-state index in [0.29, 0.717) is 80.3 Å². The first-order valence-corrected chi connectivity index (χ1v) is 17.8. The Morgan fingerprint density at radius 3 is 2.40 bits per heavy atom. The number of benzene rings is 2. The van der Waals surface area contributed by atoms with Gasteiger partial charge in [-0.3, -0.25) is 14.6 Å². The Hall–Kier alpha value is -4.91. The average molecular weight is 765 g/mol. The second-order valence-corrected chi connectivity index (χ2v) is 14.4. The van der Waals surface area contributed by atoms with Gasteiger partial charge in [-0.05, 0) is 58.4 Å². The number of hydrogen-bond donors (Lipinski definition) is 3. The van der Waals surface area contributed by atoms with Crippen LogP contribution in [0, 0.1) is 0 Å². The standard InChI is InChI=1S/C39H43Cl2N5O7/c1-22(37(48)49)43-19-24-11-10-23(18-31(24)51-5)35-34(41)28(16-17-42-35)27-8-7-9-29(33(27)40)30-14-12-25(36(45-30)52-6)20-46(38(50)53-39(2,3)4)21-26-13-15-32(47)44-26/h7-12,14,16-18,22,26,43H,13,15,19-21H2,1-6H3,(H,44,47)(H,48,49)/t22-,26-/m0/s1. The molecule has 53 heavy (non-hydrogen) atoms. The van der Waals surface area contributed by atoms with Crippen LogP contribution in [0.1, 0.15) is 51.7 Å². The molecule has 0 unspecified atom stereocenters. The highest BCUT2D eigenvalue weighted by Crippen LogP contribution is 2.42. The number of rotatable bonds is 13. The largest absolute Gasteiger partial charge is 0.496 e. The number of carboxylic acid groups (broad SMARTS) is 1. The third kappa shape index (κ3) is 9.56. The van der Waals surface area contributed by atoms with E-state index in [-0.39, 0.29) is 25.0 Å². The molecular weight excluding hydrogens is 721 g/mol. The van der Waals surface area contributed by atoms with Crippen molar-refractivity contribution in [2.75, 3.05) is 20.8 Å². The van der Waals surface area contributed by atoms with E-state index in [2.05, 4.69) is 15.6 Å². The van der Waals surface area contributed by atoms with Gasteiger partial charge < -0.3 is 34.9 Å². The van der Waals surface area contributed by atoms with Crippen molar-refractivity contribution in [3.63, 3.8) is 0 Å². The number of amides is 2. The summed E-state index contributed by atoms with van der Waals surface area (Å²) in [6.07, 6.45) is 2.18. The van der Waals surface area contributed by atoms with Gasteiger partial charge >= 0.3 is 12.1 Å². The first-order chi connectivity index (χ1) is 25.2. The topological polar surface area (TPSA) is 152 Å². The second kappa shape index (κ2) is 16.8. The summed E-state index contributed by atoms with van der Waals surface area (Å²) < 4.78 is 17.0. The Morgan fingerprint density at radius 2 is 1.74 bits per heavy atom. The minimum Gasteiger partial charge on any atom is -0.496 e. The van der Waals surface area contributed by atoms with Crippen molar-refractivity contribution < 1.29 is 33.7 Å². The molecule has 1 saturated heterocycles. The Bertz CT molecular complexity index is 2000. The molecule has 12 nitrogen and oxygen atoms in total. The van der Waals surface area contributed by atoms with Crippen LogP contribution in [0.15, 0.2) is 60.8 Å². The molecule has 280 valence electrons. The second-order valence-electron chi connectivity index (χ2n) is 13.7. The van der Waals surface area contributed by atoms with Gasteiger partial charge in [-0.1, -0.05) is 53.5 Å². The summed E-state index contributed by atoms with van der Waals surface area (Å²) in [7, 11) is 3.05. The third-order valence-electron chi connectivity index (χ3n) is 8.65. The van der Waals surface area contributed by atoms with Crippen molar-refractivity contribution in [3.05, 3.63) is 82.0 Å². The molecule has 2 amide bonds. The van der Waals surface area contributed by atoms with Crippen LogP contribution in [0.5, 0.6) is 11.6 Å². The molecule has 14 heteroatoms. The van der Waals surface area contributed by atoms with Crippen molar-refractivity contribution in [1.29, 1.82) is 0 Å². The molecule has 3 N–H and O–H groups in total. The predicted molar refractivity (Wildman–Crippen MR) is 203 cm³/mol. The van der Waals surface area contributed by atoms with Gasteiger partial charge in [0, 0.05) is 65.1 Å². The zero-order chi connectivity index (χ0) is 38.4. The number of pyridine rings is 2. The smallest absolute Gasteiger partial charge is 0.410 e. The summed E-state index contributed by atoms with van der Waals surface area (Å²) in [5.74, 6) is -0.127. The van der Waals surface area contributed by atoms with Crippen LogP contribution in [0.4, 0.5) is 4.79 Å². The van der Waals surface area contributed by atoms with E-state index in [1.165, 1.54) is 7.11 Å². The number of halogens is 2. The summed E-state index contributed by atoms with van der Waals surface area (Å²) in [5.41, 5.74) is 4.42. The van der Waals surface area contributed by atoms with Crippen LogP contribution in [-0.2, 0) is 27.4 Å². The van der Waals surface area contributed by atoms with E-state index in [9.17, 15) is 19.5 Å². The highest BCUT2D eigenvalue weighted by Gasteiger charge is 2.29. The van der Waals surface area contributed by atoms with E-state index < -0.39 is 23.7 Å². The quantitative estimate of drug-likeness (QED) is 0.126. The first-order valence-electron chi connectivity index (χ1n) is 17.1. The average Bonchev–Trinajstić information content (AvgIpc) is 3.54. The lowest BCUT2D eigenvalue weighted by Crippen LogP contribution is -2.43. The molecule has 0 aliphatic carbocycles. The number of carboxylic acids is 1. The SMILES string of the molecule is COc1cc(-c2nccc(-c3cccc(-c4ccc(CN(C[C@@H]5CCC(=O)N5)C(=O)OC(C)(C)C)c(OC)n4)c3Cl)c2Cl)ccc1CN[C@@H](C)C(=O)O. The minimum absolute atomic E-state index is 0.0424. The maximum Gasteiger partial charge on any atom is 0.410 e. The van der Waals surface area contributed by atoms with Crippen molar-refractivity contribution in [1.82, 2.24) is 25.5 Å². The van der Waals surface area contributed by atoms with Gasteiger partial charge in [-0.2, -0.15) is 0 Å². The molecule has 2 aromatic carbocycles. The van der Waals surface area contributed by atoms with Crippen molar-refractivity contribution >= 4 is 41.2 Å². The molecule has 1 aliphatic heterocycles. The summed E-state index contributed by atoms with van der Waals surface area (Å²) in [4.78, 5) is 47.3. The van der Waals surface area contributed by atoms with Gasteiger partial charge in [0.1, 0.15) is 17.4 Å². The zero-order valence-corrected chi connectivity index (χ0v) is 32.0. The van der Waals surface area contributed by atoms with Gasteiger partial charge in [0.15, 0.2) is 0 Å². The summed E-state index contributed by atoms with van der Waals surface area (Å²) in [6.45, 7) is 7.69. The molecule has 5 rings (SSSR count). The zero-order valence-electron chi connectivity index (χ0n) is 30.5. The first kappa shape index (κ1) is 39.3. The minimum atomic E-state index is -0.946. The van der Waals surface area contributed by atoms with Gasteiger partial charge in [-0.25, -0.2) is 9.78 Å². The monoisotopic (exact) mass is 763 g/mol. The van der Waals surface area contributed by atoms with E-state index >= 15 is 0 Å². The normalized spacial score (nSPS) is 14.7. The number of hydrogen-bond acceptors (Lipinski definition) is 9. The lowest BCUT2D eigenvalue weighted by atomic mass is 9.99.